The van der Waals surface area contributed by atoms with Crippen molar-refractivity contribution in [3.05, 3.63) is 49.6 Å². The lowest BCUT2D eigenvalue weighted by Crippen LogP contribution is -1.98. The molecule has 5 heteroatoms. The molecule has 0 bridgehead atoms. The van der Waals surface area contributed by atoms with Crippen LogP contribution < -0.4 is 0 Å². The van der Waals surface area contributed by atoms with Gasteiger partial charge < -0.3 is 9.84 Å². The summed E-state index contributed by atoms with van der Waals surface area (Å²) in [6.45, 7) is 10.1. The van der Waals surface area contributed by atoms with E-state index in [1.807, 2.05) is 0 Å². The molecule has 0 amide bonds. The van der Waals surface area contributed by atoms with Crippen molar-refractivity contribution in [2.75, 3.05) is 6.61 Å². The number of aliphatic carboxylic acids is 1. The number of carbonyl (C=O) groups excluding carboxylic acids is 1. The standard InChI is InChI=1S/C7H7NO2.C6H8O2/c1-6(7(9)10)4-2-3-5-8;1-3-5-8-6(7)4-2/h2-3H,1,4H2,(H,9,10);3-4H,1-2,5H2. The quantitative estimate of drug-likeness (QED) is 0.336. The molecule has 0 aliphatic carbocycles. The van der Waals surface area contributed by atoms with Crippen LogP contribution in [0.3, 0.4) is 0 Å². The van der Waals surface area contributed by atoms with E-state index in [9.17, 15) is 9.59 Å². The van der Waals surface area contributed by atoms with Gasteiger partial charge in [-0.2, -0.15) is 5.26 Å². The molecule has 0 saturated heterocycles. The summed E-state index contributed by atoms with van der Waals surface area (Å²) in [6.07, 6.45) is 5.53. The van der Waals surface area contributed by atoms with Gasteiger partial charge >= 0.3 is 11.9 Å². The molecule has 0 aromatic heterocycles. The summed E-state index contributed by atoms with van der Waals surface area (Å²) in [4.78, 5) is 20.3. The monoisotopic (exact) mass is 249 g/mol. The Bertz CT molecular complexity index is 388. The molecule has 0 rings (SSSR count). The molecule has 0 unspecified atom stereocenters. The molecular weight excluding hydrogens is 234 g/mol. The van der Waals surface area contributed by atoms with E-state index in [1.165, 1.54) is 18.2 Å². The number of carbonyl (C=O) groups is 2. The first-order chi connectivity index (χ1) is 8.49. The first kappa shape index (κ1) is 17.8. The van der Waals surface area contributed by atoms with Crippen molar-refractivity contribution >= 4 is 11.9 Å². The van der Waals surface area contributed by atoms with Crippen molar-refractivity contribution in [3.8, 4) is 6.07 Å². The zero-order valence-corrected chi connectivity index (χ0v) is 9.96. The zero-order chi connectivity index (χ0) is 14.4. The number of esters is 1. The first-order valence-corrected chi connectivity index (χ1v) is 4.85. The third kappa shape index (κ3) is 13.4. The van der Waals surface area contributed by atoms with E-state index in [0.29, 0.717) is 0 Å². The molecule has 0 atom stereocenters. The Morgan fingerprint density at radius 2 is 2.00 bits per heavy atom. The van der Waals surface area contributed by atoms with Crippen LogP contribution in [-0.2, 0) is 14.3 Å². The minimum atomic E-state index is -1.03. The van der Waals surface area contributed by atoms with Gasteiger partial charge in [0.15, 0.2) is 0 Å². The second-order valence-corrected chi connectivity index (χ2v) is 2.77. The first-order valence-electron chi connectivity index (χ1n) is 4.85. The average molecular weight is 249 g/mol. The van der Waals surface area contributed by atoms with Gasteiger partial charge in [0, 0.05) is 17.7 Å². The van der Waals surface area contributed by atoms with Gasteiger partial charge in [0.2, 0.25) is 0 Å². The topological polar surface area (TPSA) is 87.4 Å². The summed E-state index contributed by atoms with van der Waals surface area (Å²) >= 11 is 0. The lowest BCUT2D eigenvalue weighted by molar-refractivity contribution is -0.136. The van der Waals surface area contributed by atoms with Crippen LogP contribution in [0.25, 0.3) is 0 Å². The van der Waals surface area contributed by atoms with Crippen LogP contribution in [0.4, 0.5) is 0 Å². The molecule has 1 N–H and O–H groups in total. The number of rotatable bonds is 6. The van der Waals surface area contributed by atoms with E-state index in [4.69, 9.17) is 10.4 Å². The highest BCUT2D eigenvalue weighted by Gasteiger charge is 1.98. The highest BCUT2D eigenvalue weighted by Crippen LogP contribution is 1.97. The molecule has 0 saturated carbocycles. The maximum atomic E-state index is 10.2. The van der Waals surface area contributed by atoms with Crippen LogP contribution in [0.5, 0.6) is 0 Å². The lowest BCUT2D eigenvalue weighted by Gasteiger charge is -1.92. The fraction of sp³-hybridized carbons (Fsp3) is 0.154. The van der Waals surface area contributed by atoms with Crippen LogP contribution in [0.15, 0.2) is 49.6 Å². The third-order valence-electron chi connectivity index (χ3n) is 1.37. The van der Waals surface area contributed by atoms with Crippen LogP contribution in [0.2, 0.25) is 0 Å². The molecule has 0 aliphatic heterocycles. The molecule has 0 spiro atoms. The number of allylic oxidation sites excluding steroid dienone is 2. The van der Waals surface area contributed by atoms with Crippen molar-refractivity contribution < 1.29 is 19.4 Å². The van der Waals surface area contributed by atoms with Crippen molar-refractivity contribution in [3.63, 3.8) is 0 Å². The molecule has 5 nitrogen and oxygen atoms in total. The Morgan fingerprint density at radius 1 is 1.39 bits per heavy atom. The van der Waals surface area contributed by atoms with Gasteiger partial charge in [0.05, 0.1) is 6.07 Å². The van der Waals surface area contributed by atoms with Crippen LogP contribution in [0, 0.1) is 11.3 Å². The van der Waals surface area contributed by atoms with E-state index in [0.717, 1.165) is 6.08 Å². The molecule has 0 aromatic rings. The van der Waals surface area contributed by atoms with Crippen LogP contribution >= 0.6 is 0 Å². The minimum Gasteiger partial charge on any atom is -0.478 e. The summed E-state index contributed by atoms with van der Waals surface area (Å²) in [7, 11) is 0. The predicted octanol–water partition coefficient (Wildman–Crippen LogP) is 2.00. The van der Waals surface area contributed by atoms with Crippen LogP contribution in [0.1, 0.15) is 6.42 Å². The molecule has 0 aromatic carbocycles. The summed E-state index contributed by atoms with van der Waals surface area (Å²) < 4.78 is 4.47. The number of hydrogen-bond acceptors (Lipinski definition) is 4. The number of hydrogen-bond donors (Lipinski definition) is 1. The number of nitrogens with zero attached hydrogens (tertiary/aromatic N) is 1. The molecular formula is C13H15NO4. The Kier molecular flexibility index (Phi) is 12.3. The second-order valence-electron chi connectivity index (χ2n) is 2.77. The van der Waals surface area contributed by atoms with Gasteiger partial charge in [-0.3, -0.25) is 0 Å². The Labute approximate surface area is 106 Å². The third-order valence-corrected chi connectivity index (χ3v) is 1.37. The Hall–Kier alpha value is -2.61. The van der Waals surface area contributed by atoms with E-state index >= 15 is 0 Å². The summed E-state index contributed by atoms with van der Waals surface area (Å²) in [5.74, 6) is -1.44. The predicted molar refractivity (Wildman–Crippen MR) is 67.5 cm³/mol. The van der Waals surface area contributed by atoms with Gasteiger partial charge in [-0.15, -0.1) is 0 Å². The van der Waals surface area contributed by atoms with Crippen molar-refractivity contribution in [1.29, 1.82) is 5.26 Å². The molecule has 18 heavy (non-hydrogen) atoms. The van der Waals surface area contributed by atoms with Gasteiger partial charge in [-0.25, -0.2) is 9.59 Å². The van der Waals surface area contributed by atoms with Crippen molar-refractivity contribution in [2.45, 2.75) is 6.42 Å². The molecule has 0 fully saturated rings. The maximum absolute atomic E-state index is 10.2. The van der Waals surface area contributed by atoms with Gasteiger partial charge in [0.25, 0.3) is 0 Å². The highest BCUT2D eigenvalue weighted by atomic mass is 16.5. The van der Waals surface area contributed by atoms with Crippen molar-refractivity contribution in [1.82, 2.24) is 0 Å². The number of ether oxygens (including phenoxy) is 1. The average Bonchev–Trinajstić information content (AvgIpc) is 2.36. The molecule has 0 heterocycles. The van der Waals surface area contributed by atoms with Crippen LogP contribution in [-0.4, -0.2) is 23.7 Å². The SMILES string of the molecule is C=C(CC=CC#N)C(=O)O.C=CCOC(=O)C=C. The summed E-state index contributed by atoms with van der Waals surface area (Å²) in [5.41, 5.74) is 0.0894. The number of carboxylic acid groups (broad SMARTS) is 1. The summed E-state index contributed by atoms with van der Waals surface area (Å²) in [5, 5.41) is 16.3. The largest absolute Gasteiger partial charge is 0.478 e. The zero-order valence-electron chi connectivity index (χ0n) is 9.96. The fourth-order valence-electron chi connectivity index (χ4n) is 0.541. The number of nitriles is 1. The van der Waals surface area contributed by atoms with E-state index in [-0.39, 0.29) is 18.6 Å². The fourth-order valence-corrected chi connectivity index (χ4v) is 0.541. The second kappa shape index (κ2) is 12.5. The normalized spacial score (nSPS) is 8.39. The van der Waals surface area contributed by atoms with E-state index < -0.39 is 11.9 Å². The van der Waals surface area contributed by atoms with Gasteiger partial charge in [-0.1, -0.05) is 31.9 Å². The molecule has 96 valence electrons. The minimum absolute atomic E-state index is 0.0894. The molecule has 0 aliphatic rings. The summed E-state index contributed by atoms with van der Waals surface area (Å²) in [6, 6.07) is 1.75. The van der Waals surface area contributed by atoms with E-state index in [1.54, 1.807) is 6.07 Å². The highest BCUT2D eigenvalue weighted by molar-refractivity contribution is 5.86. The van der Waals surface area contributed by atoms with Gasteiger partial charge in [-0.05, 0) is 6.42 Å². The molecule has 0 radical (unpaired) electrons. The maximum Gasteiger partial charge on any atom is 0.331 e. The van der Waals surface area contributed by atoms with Gasteiger partial charge in [0.1, 0.15) is 6.61 Å². The van der Waals surface area contributed by atoms with Crippen molar-refractivity contribution in [2.24, 2.45) is 0 Å². The lowest BCUT2D eigenvalue weighted by atomic mass is 10.2. The Balaban J connectivity index is 0. The smallest absolute Gasteiger partial charge is 0.331 e. The van der Waals surface area contributed by atoms with E-state index in [2.05, 4.69) is 24.5 Å². The number of carboxylic acids is 1. The Morgan fingerprint density at radius 3 is 2.39 bits per heavy atom.